The van der Waals surface area contributed by atoms with Crippen LogP contribution in [0.3, 0.4) is 0 Å². The molecule has 0 aliphatic rings. The molecule has 0 saturated heterocycles. The Bertz CT molecular complexity index is 681. The number of aryl methyl sites for hydroxylation is 1. The quantitative estimate of drug-likeness (QED) is 0.869. The number of nitrogens with one attached hydrogen (secondary N) is 1. The highest BCUT2D eigenvalue weighted by Crippen LogP contribution is 2.15. The SMILES string of the molecule is CC(=O)N(CCNC(=O)c1ccc(Br)cc1)c1ccc(C)cc1. The van der Waals surface area contributed by atoms with Gasteiger partial charge in [0.05, 0.1) is 0 Å². The summed E-state index contributed by atoms with van der Waals surface area (Å²) in [6.45, 7) is 4.35. The summed E-state index contributed by atoms with van der Waals surface area (Å²) < 4.78 is 0.927. The minimum absolute atomic E-state index is 0.0493. The number of carbonyl (C=O) groups is 2. The first-order chi connectivity index (χ1) is 11.0. The first kappa shape index (κ1) is 17.2. The van der Waals surface area contributed by atoms with Crippen molar-refractivity contribution < 1.29 is 9.59 Å². The fraction of sp³-hybridized carbons (Fsp3) is 0.222. The highest BCUT2D eigenvalue weighted by atomic mass is 79.9. The summed E-state index contributed by atoms with van der Waals surface area (Å²) in [5, 5.41) is 2.84. The van der Waals surface area contributed by atoms with Crippen molar-refractivity contribution in [2.75, 3.05) is 18.0 Å². The smallest absolute Gasteiger partial charge is 0.251 e. The van der Waals surface area contributed by atoms with E-state index in [0.29, 0.717) is 18.7 Å². The lowest BCUT2D eigenvalue weighted by Gasteiger charge is -2.21. The summed E-state index contributed by atoms with van der Waals surface area (Å²) in [7, 11) is 0. The van der Waals surface area contributed by atoms with Gasteiger partial charge >= 0.3 is 0 Å². The molecule has 0 radical (unpaired) electrons. The van der Waals surface area contributed by atoms with Gasteiger partial charge in [-0.05, 0) is 43.3 Å². The second-order valence-electron chi connectivity index (χ2n) is 5.27. The Balaban J connectivity index is 1.94. The van der Waals surface area contributed by atoms with Crippen LogP contribution in [0.2, 0.25) is 0 Å². The average Bonchev–Trinajstić information content (AvgIpc) is 2.53. The van der Waals surface area contributed by atoms with Crippen LogP contribution in [0.4, 0.5) is 5.69 Å². The Morgan fingerprint density at radius 1 is 1.04 bits per heavy atom. The Morgan fingerprint density at radius 2 is 1.65 bits per heavy atom. The maximum absolute atomic E-state index is 12.1. The monoisotopic (exact) mass is 374 g/mol. The predicted molar refractivity (Wildman–Crippen MR) is 95.7 cm³/mol. The lowest BCUT2D eigenvalue weighted by atomic mass is 10.2. The van der Waals surface area contributed by atoms with Gasteiger partial charge in [-0.25, -0.2) is 0 Å². The van der Waals surface area contributed by atoms with Crippen molar-refractivity contribution in [3.05, 3.63) is 64.1 Å². The molecular formula is C18H19BrN2O2. The lowest BCUT2D eigenvalue weighted by Crippen LogP contribution is -2.37. The number of amides is 2. The van der Waals surface area contributed by atoms with Crippen LogP contribution in [0, 0.1) is 6.92 Å². The first-order valence-corrected chi connectivity index (χ1v) is 8.15. The van der Waals surface area contributed by atoms with Gasteiger partial charge in [-0.1, -0.05) is 33.6 Å². The van der Waals surface area contributed by atoms with E-state index < -0.39 is 0 Å². The number of anilines is 1. The van der Waals surface area contributed by atoms with E-state index in [0.717, 1.165) is 15.7 Å². The number of halogens is 1. The van der Waals surface area contributed by atoms with Crippen molar-refractivity contribution in [1.82, 2.24) is 5.32 Å². The van der Waals surface area contributed by atoms with Gasteiger partial charge in [-0.3, -0.25) is 9.59 Å². The highest BCUT2D eigenvalue weighted by Gasteiger charge is 2.12. The van der Waals surface area contributed by atoms with Gasteiger partial charge in [0.25, 0.3) is 5.91 Å². The molecule has 0 fully saturated rings. The fourth-order valence-electron chi connectivity index (χ4n) is 2.18. The maximum Gasteiger partial charge on any atom is 0.251 e. The lowest BCUT2D eigenvalue weighted by molar-refractivity contribution is -0.116. The third kappa shape index (κ3) is 4.93. The summed E-state index contributed by atoms with van der Waals surface area (Å²) >= 11 is 3.34. The number of hydrogen-bond donors (Lipinski definition) is 1. The molecule has 0 aliphatic heterocycles. The van der Waals surface area contributed by atoms with Crippen LogP contribution in [0.25, 0.3) is 0 Å². The van der Waals surface area contributed by atoms with E-state index in [4.69, 9.17) is 0 Å². The molecule has 4 nitrogen and oxygen atoms in total. The van der Waals surface area contributed by atoms with Crippen molar-refractivity contribution in [3.8, 4) is 0 Å². The molecule has 0 aliphatic carbocycles. The minimum Gasteiger partial charge on any atom is -0.350 e. The van der Waals surface area contributed by atoms with E-state index >= 15 is 0 Å². The zero-order valence-electron chi connectivity index (χ0n) is 13.2. The predicted octanol–water partition coefficient (Wildman–Crippen LogP) is 3.54. The van der Waals surface area contributed by atoms with Crippen LogP contribution in [0.1, 0.15) is 22.8 Å². The Labute approximate surface area is 144 Å². The largest absolute Gasteiger partial charge is 0.350 e. The standard InChI is InChI=1S/C18H19BrN2O2/c1-13-3-9-17(10-4-13)21(14(2)22)12-11-20-18(23)15-5-7-16(19)8-6-15/h3-10H,11-12H2,1-2H3,(H,20,23). The van der Waals surface area contributed by atoms with Crippen molar-refractivity contribution in [1.29, 1.82) is 0 Å². The van der Waals surface area contributed by atoms with E-state index in [2.05, 4.69) is 21.2 Å². The minimum atomic E-state index is -0.148. The normalized spacial score (nSPS) is 10.2. The van der Waals surface area contributed by atoms with Gasteiger partial charge in [-0.2, -0.15) is 0 Å². The summed E-state index contributed by atoms with van der Waals surface area (Å²) in [5.74, 6) is -0.198. The molecule has 23 heavy (non-hydrogen) atoms. The van der Waals surface area contributed by atoms with E-state index in [1.807, 2.05) is 43.3 Å². The maximum atomic E-state index is 12.1. The zero-order chi connectivity index (χ0) is 16.8. The summed E-state index contributed by atoms with van der Waals surface area (Å²) in [6.07, 6.45) is 0. The Morgan fingerprint density at radius 3 is 2.22 bits per heavy atom. The van der Waals surface area contributed by atoms with Crippen LogP contribution >= 0.6 is 15.9 Å². The van der Waals surface area contributed by atoms with Crippen LogP contribution in [-0.4, -0.2) is 24.9 Å². The summed E-state index contributed by atoms with van der Waals surface area (Å²) in [5.41, 5.74) is 2.57. The molecule has 120 valence electrons. The van der Waals surface area contributed by atoms with E-state index in [-0.39, 0.29) is 11.8 Å². The number of carbonyl (C=O) groups excluding carboxylic acids is 2. The second-order valence-corrected chi connectivity index (χ2v) is 6.18. The van der Waals surface area contributed by atoms with Crippen molar-refractivity contribution in [2.45, 2.75) is 13.8 Å². The Hall–Kier alpha value is -2.14. The van der Waals surface area contributed by atoms with E-state index in [9.17, 15) is 9.59 Å². The molecule has 0 saturated carbocycles. The molecular weight excluding hydrogens is 356 g/mol. The summed E-state index contributed by atoms with van der Waals surface area (Å²) in [4.78, 5) is 25.5. The van der Waals surface area contributed by atoms with Gasteiger partial charge in [0, 0.05) is 35.7 Å². The Kier molecular flexibility index (Phi) is 5.93. The molecule has 0 spiro atoms. The molecule has 2 aromatic carbocycles. The zero-order valence-corrected chi connectivity index (χ0v) is 14.8. The summed E-state index contributed by atoms with van der Waals surface area (Å²) in [6, 6.07) is 14.9. The van der Waals surface area contributed by atoms with Crippen LogP contribution in [-0.2, 0) is 4.79 Å². The van der Waals surface area contributed by atoms with Gasteiger partial charge in [-0.15, -0.1) is 0 Å². The topological polar surface area (TPSA) is 49.4 Å². The van der Waals surface area contributed by atoms with Crippen molar-refractivity contribution in [2.24, 2.45) is 0 Å². The fourth-order valence-corrected chi connectivity index (χ4v) is 2.44. The second kappa shape index (κ2) is 7.92. The molecule has 1 N–H and O–H groups in total. The highest BCUT2D eigenvalue weighted by molar-refractivity contribution is 9.10. The number of rotatable bonds is 5. The van der Waals surface area contributed by atoms with Crippen molar-refractivity contribution in [3.63, 3.8) is 0 Å². The van der Waals surface area contributed by atoms with Gasteiger partial charge < -0.3 is 10.2 Å². The van der Waals surface area contributed by atoms with E-state index in [1.165, 1.54) is 6.92 Å². The molecule has 2 rings (SSSR count). The third-order valence-electron chi connectivity index (χ3n) is 3.45. The van der Waals surface area contributed by atoms with Gasteiger partial charge in [0.2, 0.25) is 5.91 Å². The van der Waals surface area contributed by atoms with Crippen LogP contribution < -0.4 is 10.2 Å². The van der Waals surface area contributed by atoms with Crippen LogP contribution in [0.5, 0.6) is 0 Å². The third-order valence-corrected chi connectivity index (χ3v) is 3.98. The number of nitrogens with zero attached hydrogens (tertiary/aromatic N) is 1. The first-order valence-electron chi connectivity index (χ1n) is 7.36. The average molecular weight is 375 g/mol. The molecule has 2 amide bonds. The molecule has 2 aromatic rings. The number of hydrogen-bond acceptors (Lipinski definition) is 2. The molecule has 0 bridgehead atoms. The van der Waals surface area contributed by atoms with Gasteiger partial charge in [0.15, 0.2) is 0 Å². The van der Waals surface area contributed by atoms with E-state index in [1.54, 1.807) is 17.0 Å². The van der Waals surface area contributed by atoms with Crippen LogP contribution in [0.15, 0.2) is 53.0 Å². The molecule has 5 heteroatoms. The van der Waals surface area contributed by atoms with Crippen molar-refractivity contribution >= 4 is 33.4 Å². The molecule has 0 atom stereocenters. The molecule has 0 heterocycles. The molecule has 0 aromatic heterocycles. The number of benzene rings is 2. The van der Waals surface area contributed by atoms with Gasteiger partial charge in [0.1, 0.15) is 0 Å². The molecule has 0 unspecified atom stereocenters.